The maximum absolute atomic E-state index is 12.0. The summed E-state index contributed by atoms with van der Waals surface area (Å²) in [6, 6.07) is 3.35. The number of nitro benzene ring substituents is 1. The molecule has 1 amide bonds. The molecule has 13 nitrogen and oxygen atoms in total. The summed E-state index contributed by atoms with van der Waals surface area (Å²) in [5.74, 6) is -2.09. The topological polar surface area (TPSA) is 198 Å². The van der Waals surface area contributed by atoms with Gasteiger partial charge >= 0.3 is 17.7 Å². The van der Waals surface area contributed by atoms with Gasteiger partial charge in [-0.05, 0) is 11.6 Å². The number of aliphatic hydroxyl groups is 3. The highest BCUT2D eigenvalue weighted by Crippen LogP contribution is 2.32. The molecule has 166 valence electrons. The molecule has 5 unspecified atom stereocenters. The van der Waals surface area contributed by atoms with Gasteiger partial charge in [-0.2, -0.15) is 0 Å². The number of benzene rings is 1. The van der Waals surface area contributed by atoms with E-state index in [1.165, 1.54) is 6.07 Å². The summed E-state index contributed by atoms with van der Waals surface area (Å²) in [6.07, 6.45) is -10.5. The van der Waals surface area contributed by atoms with Crippen LogP contribution in [0.2, 0.25) is 0 Å². The molecule has 5 N–H and O–H groups in total. The molecule has 0 radical (unpaired) electrons. The molecule has 1 fully saturated rings. The van der Waals surface area contributed by atoms with Crippen molar-refractivity contribution in [2.75, 3.05) is 13.2 Å². The zero-order valence-corrected chi connectivity index (χ0v) is 15.2. The van der Waals surface area contributed by atoms with Crippen LogP contribution in [0.1, 0.15) is 5.56 Å². The number of nitrogens with one attached hydrogen (secondary N) is 1. The van der Waals surface area contributed by atoms with Crippen LogP contribution in [-0.4, -0.2) is 81.3 Å². The molecule has 5 atom stereocenters. The van der Waals surface area contributed by atoms with E-state index in [1.807, 2.05) is 0 Å². The van der Waals surface area contributed by atoms with Gasteiger partial charge < -0.3 is 40.0 Å². The van der Waals surface area contributed by atoms with Gasteiger partial charge in [-0.15, -0.1) is 0 Å². The smallest absolute Gasteiger partial charge is 0.407 e. The van der Waals surface area contributed by atoms with Gasteiger partial charge in [-0.25, -0.2) is 14.0 Å². The van der Waals surface area contributed by atoms with Crippen molar-refractivity contribution < 1.29 is 53.5 Å². The number of hydrogen-bond acceptors (Lipinski definition) is 10. The van der Waals surface area contributed by atoms with Crippen LogP contribution in [0.4, 0.5) is 14.9 Å². The Labute approximate surface area is 167 Å². The predicted molar refractivity (Wildman–Crippen MR) is 92.2 cm³/mol. The minimum atomic E-state index is -1.95. The molecule has 2 rings (SSSR count). The third-order valence-electron chi connectivity index (χ3n) is 4.01. The van der Waals surface area contributed by atoms with Crippen molar-refractivity contribution in [3.05, 3.63) is 33.9 Å². The maximum Gasteiger partial charge on any atom is 0.407 e. The van der Waals surface area contributed by atoms with Gasteiger partial charge in [-0.3, -0.25) is 10.1 Å². The van der Waals surface area contributed by atoms with Crippen LogP contribution in [0, 0.1) is 10.1 Å². The Kier molecular flexibility index (Phi) is 7.82. The molecule has 0 saturated carbocycles. The number of alkyl carbamates (subject to hydrolysis) is 1. The monoisotopic (exact) mass is 433 g/mol. The Bertz CT molecular complexity index is 792. The molecular formula is C16H19FN2O11. The van der Waals surface area contributed by atoms with E-state index in [9.17, 15) is 39.4 Å². The second-order valence-electron chi connectivity index (χ2n) is 6.10. The fourth-order valence-electron chi connectivity index (χ4n) is 2.52. The molecule has 0 aromatic heterocycles. The predicted octanol–water partition coefficient (Wildman–Crippen LogP) is -0.939. The van der Waals surface area contributed by atoms with Crippen LogP contribution in [0.3, 0.4) is 0 Å². The van der Waals surface area contributed by atoms with Crippen molar-refractivity contribution in [2.45, 2.75) is 37.3 Å². The minimum absolute atomic E-state index is 0.174. The first-order valence-corrected chi connectivity index (χ1v) is 8.48. The van der Waals surface area contributed by atoms with Gasteiger partial charge in [0.25, 0.3) is 0 Å². The summed E-state index contributed by atoms with van der Waals surface area (Å²) in [6.45, 7) is -1.43. The Morgan fingerprint density at radius 2 is 1.93 bits per heavy atom. The Balaban J connectivity index is 2.15. The van der Waals surface area contributed by atoms with Crippen molar-refractivity contribution in [1.29, 1.82) is 0 Å². The van der Waals surface area contributed by atoms with Gasteiger partial charge in [-0.1, -0.05) is 6.07 Å². The fraction of sp³-hybridized carbons (Fsp3) is 0.500. The number of aliphatic carboxylic acids is 1. The fourth-order valence-corrected chi connectivity index (χ4v) is 2.52. The summed E-state index contributed by atoms with van der Waals surface area (Å²) in [5, 5.41) is 51.9. The van der Waals surface area contributed by atoms with E-state index in [0.717, 1.165) is 12.1 Å². The first kappa shape index (κ1) is 23.2. The molecule has 0 aliphatic carbocycles. The van der Waals surface area contributed by atoms with Crippen LogP contribution in [0.5, 0.6) is 5.75 Å². The number of carboxylic acids is 1. The van der Waals surface area contributed by atoms with Gasteiger partial charge in [0.2, 0.25) is 6.29 Å². The van der Waals surface area contributed by atoms with Crippen LogP contribution < -0.4 is 10.1 Å². The lowest BCUT2D eigenvalue weighted by molar-refractivity contribution is -0.387. The van der Waals surface area contributed by atoms with Gasteiger partial charge in [0.15, 0.2) is 11.9 Å². The Morgan fingerprint density at radius 3 is 2.53 bits per heavy atom. The van der Waals surface area contributed by atoms with Crippen molar-refractivity contribution in [3.63, 3.8) is 0 Å². The molecule has 0 bridgehead atoms. The molecule has 0 spiro atoms. The van der Waals surface area contributed by atoms with E-state index in [2.05, 4.69) is 5.32 Å². The SMILES string of the molecule is O=C(NCC[18F])OCc1ccc(OC2OC(C(=O)O)C(O)C(O)C2O)c([N+](=O)[O-])c1. The van der Waals surface area contributed by atoms with E-state index < -0.39 is 65.8 Å². The van der Waals surface area contributed by atoms with Gasteiger partial charge in [0.05, 0.1) is 4.92 Å². The molecule has 14 heteroatoms. The van der Waals surface area contributed by atoms with Crippen molar-refractivity contribution in [2.24, 2.45) is 0 Å². The zero-order valence-electron chi connectivity index (χ0n) is 15.2. The second-order valence-corrected chi connectivity index (χ2v) is 6.10. The lowest BCUT2D eigenvalue weighted by atomic mass is 9.99. The summed E-state index contributed by atoms with van der Waals surface area (Å²) >= 11 is 0. The molecule has 1 aliphatic rings. The third kappa shape index (κ3) is 5.50. The lowest BCUT2D eigenvalue weighted by Crippen LogP contribution is -2.61. The first-order valence-electron chi connectivity index (χ1n) is 8.48. The standard InChI is InChI=1S/C16H19FN2O11/c17-3-4-18-16(25)28-6-7-1-2-9(8(5-7)19(26)27)29-15-12(22)10(20)11(21)13(30-15)14(23)24/h1-2,5,10-13,15,20-22H,3-4,6H2,(H,18,25)(H,23,24)/i17-1. The molecule has 1 heterocycles. The average molecular weight is 433 g/mol. The summed E-state index contributed by atoms with van der Waals surface area (Å²) in [4.78, 5) is 32.9. The molecular weight excluding hydrogens is 414 g/mol. The van der Waals surface area contributed by atoms with E-state index in [0.29, 0.717) is 0 Å². The number of alkyl halides is 1. The lowest BCUT2D eigenvalue weighted by Gasteiger charge is -2.38. The summed E-state index contributed by atoms with van der Waals surface area (Å²) < 4.78 is 26.9. The van der Waals surface area contributed by atoms with E-state index >= 15 is 0 Å². The average Bonchev–Trinajstić information content (AvgIpc) is 2.71. The van der Waals surface area contributed by atoms with Crippen molar-refractivity contribution >= 4 is 17.7 Å². The van der Waals surface area contributed by atoms with E-state index in [1.54, 1.807) is 0 Å². The molecule has 1 aliphatic heterocycles. The Morgan fingerprint density at radius 1 is 1.23 bits per heavy atom. The normalized spacial score (nSPS) is 25.9. The highest BCUT2D eigenvalue weighted by atomic mass is 18.2. The molecule has 1 aromatic rings. The minimum Gasteiger partial charge on any atom is -0.479 e. The van der Waals surface area contributed by atoms with Crippen molar-refractivity contribution in [1.82, 2.24) is 5.32 Å². The number of halogens is 1. The quantitative estimate of drug-likeness (QED) is 0.250. The Hall–Kier alpha value is -3.07. The van der Waals surface area contributed by atoms with Crippen LogP contribution in [0.15, 0.2) is 18.2 Å². The number of ether oxygens (including phenoxy) is 3. The maximum atomic E-state index is 12.0. The van der Waals surface area contributed by atoms with Crippen LogP contribution >= 0.6 is 0 Å². The molecule has 30 heavy (non-hydrogen) atoms. The van der Waals surface area contributed by atoms with Gasteiger partial charge in [0.1, 0.15) is 31.6 Å². The second kappa shape index (κ2) is 10.1. The number of nitrogens with zero attached hydrogens (tertiary/aromatic N) is 1. The number of aliphatic hydroxyl groups excluding tert-OH is 3. The zero-order chi connectivity index (χ0) is 22.4. The molecule has 1 aromatic carbocycles. The largest absolute Gasteiger partial charge is 0.479 e. The number of carbonyl (C=O) groups is 2. The molecule has 1 saturated heterocycles. The van der Waals surface area contributed by atoms with E-state index in [-0.39, 0.29) is 18.7 Å². The first-order chi connectivity index (χ1) is 14.1. The third-order valence-corrected chi connectivity index (χ3v) is 4.01. The summed E-state index contributed by atoms with van der Waals surface area (Å²) in [5.41, 5.74) is -0.461. The van der Waals surface area contributed by atoms with Crippen molar-refractivity contribution in [3.8, 4) is 5.75 Å². The van der Waals surface area contributed by atoms with Crippen LogP contribution in [-0.2, 0) is 20.9 Å². The highest BCUT2D eigenvalue weighted by molar-refractivity contribution is 5.73. The highest BCUT2D eigenvalue weighted by Gasteiger charge is 2.48. The number of amides is 1. The summed E-state index contributed by atoms with van der Waals surface area (Å²) in [7, 11) is 0. The van der Waals surface area contributed by atoms with Crippen LogP contribution in [0.25, 0.3) is 0 Å². The van der Waals surface area contributed by atoms with E-state index in [4.69, 9.17) is 19.3 Å². The number of carbonyl (C=O) groups excluding carboxylic acids is 1. The van der Waals surface area contributed by atoms with Gasteiger partial charge in [0, 0.05) is 12.6 Å². The number of carboxylic acid groups (broad SMARTS) is 1. The number of rotatable bonds is 8. The number of hydrogen-bond donors (Lipinski definition) is 5. The number of nitro groups is 1.